The summed E-state index contributed by atoms with van der Waals surface area (Å²) in [6.07, 6.45) is 0.118. The van der Waals surface area contributed by atoms with E-state index in [4.69, 9.17) is 0 Å². The maximum atomic E-state index is 12.6. The van der Waals surface area contributed by atoms with Crippen LogP contribution in [0.3, 0.4) is 0 Å². The average Bonchev–Trinajstić information content (AvgIpc) is 3.01. The number of amides is 2. The molecular formula is C20H21N3O4. The Bertz CT molecular complexity index is 939. The minimum Gasteiger partial charge on any atom is -0.325 e. The van der Waals surface area contributed by atoms with Gasteiger partial charge in [0.1, 0.15) is 0 Å². The van der Waals surface area contributed by atoms with Gasteiger partial charge in [0.2, 0.25) is 11.8 Å². The summed E-state index contributed by atoms with van der Waals surface area (Å²) >= 11 is 0. The molecule has 140 valence electrons. The number of rotatable bonds is 4. The van der Waals surface area contributed by atoms with Crippen LogP contribution in [-0.2, 0) is 9.59 Å². The molecule has 1 N–H and O–H groups in total. The third-order valence-electron chi connectivity index (χ3n) is 4.99. The number of carbonyl (C=O) groups excluding carboxylic acids is 2. The molecule has 0 bridgehead atoms. The lowest BCUT2D eigenvalue weighted by Gasteiger charge is -2.18. The average molecular weight is 367 g/mol. The molecule has 1 fully saturated rings. The van der Waals surface area contributed by atoms with Crippen LogP contribution in [0.25, 0.3) is 0 Å². The van der Waals surface area contributed by atoms with Crippen LogP contribution in [0.5, 0.6) is 0 Å². The van der Waals surface area contributed by atoms with Gasteiger partial charge >= 0.3 is 0 Å². The van der Waals surface area contributed by atoms with E-state index in [1.165, 1.54) is 12.1 Å². The van der Waals surface area contributed by atoms with Crippen LogP contribution in [0.4, 0.5) is 17.1 Å². The van der Waals surface area contributed by atoms with Crippen molar-refractivity contribution in [1.29, 1.82) is 0 Å². The normalized spacial score (nSPS) is 16.5. The summed E-state index contributed by atoms with van der Waals surface area (Å²) in [4.78, 5) is 37.1. The van der Waals surface area contributed by atoms with Crippen LogP contribution in [0.2, 0.25) is 0 Å². The Morgan fingerprint density at radius 3 is 2.48 bits per heavy atom. The molecule has 7 heteroatoms. The Hall–Kier alpha value is -3.22. The predicted molar refractivity (Wildman–Crippen MR) is 103 cm³/mol. The van der Waals surface area contributed by atoms with Crippen molar-refractivity contribution in [3.63, 3.8) is 0 Å². The summed E-state index contributed by atoms with van der Waals surface area (Å²) in [5.41, 5.74) is 4.04. The standard InChI is InChI=1S/C20H21N3O4/c1-12-4-6-16(8-14(12)3)22-11-15(9-19(22)24)20(25)21-18-10-17(23(26)27)7-5-13(18)2/h4-8,10,15H,9,11H2,1-3H3,(H,21,25). The molecule has 0 aromatic heterocycles. The molecule has 1 aliphatic rings. The highest BCUT2D eigenvalue weighted by Gasteiger charge is 2.35. The van der Waals surface area contributed by atoms with Crippen LogP contribution < -0.4 is 10.2 Å². The van der Waals surface area contributed by atoms with E-state index < -0.39 is 10.8 Å². The first-order chi connectivity index (χ1) is 12.8. The first-order valence-electron chi connectivity index (χ1n) is 8.70. The summed E-state index contributed by atoms with van der Waals surface area (Å²) in [7, 11) is 0. The van der Waals surface area contributed by atoms with Gasteiger partial charge in [0.15, 0.2) is 0 Å². The van der Waals surface area contributed by atoms with Crippen molar-refractivity contribution >= 4 is 28.9 Å². The van der Waals surface area contributed by atoms with E-state index in [1.807, 2.05) is 32.0 Å². The van der Waals surface area contributed by atoms with Gasteiger partial charge in [0, 0.05) is 30.8 Å². The van der Waals surface area contributed by atoms with Crippen LogP contribution in [-0.4, -0.2) is 23.3 Å². The third-order valence-corrected chi connectivity index (χ3v) is 4.99. The van der Waals surface area contributed by atoms with Crippen LogP contribution in [0, 0.1) is 36.8 Å². The quantitative estimate of drug-likeness (QED) is 0.661. The fraction of sp³-hybridized carbons (Fsp3) is 0.300. The Morgan fingerprint density at radius 2 is 1.81 bits per heavy atom. The number of anilines is 2. The van der Waals surface area contributed by atoms with Crippen molar-refractivity contribution < 1.29 is 14.5 Å². The van der Waals surface area contributed by atoms with Crippen molar-refractivity contribution in [2.24, 2.45) is 5.92 Å². The summed E-state index contributed by atoms with van der Waals surface area (Å²) in [6, 6.07) is 10.1. The van der Waals surface area contributed by atoms with Gasteiger partial charge in [0.25, 0.3) is 5.69 Å². The van der Waals surface area contributed by atoms with Crippen LogP contribution in [0.1, 0.15) is 23.1 Å². The summed E-state index contributed by atoms with van der Waals surface area (Å²) in [5, 5.41) is 13.7. The van der Waals surface area contributed by atoms with Gasteiger partial charge in [-0.2, -0.15) is 0 Å². The maximum absolute atomic E-state index is 12.6. The molecule has 7 nitrogen and oxygen atoms in total. The third kappa shape index (κ3) is 3.81. The highest BCUT2D eigenvalue weighted by Crippen LogP contribution is 2.28. The largest absolute Gasteiger partial charge is 0.325 e. The molecular weight excluding hydrogens is 346 g/mol. The molecule has 2 amide bonds. The van der Waals surface area contributed by atoms with Crippen molar-refractivity contribution in [1.82, 2.24) is 0 Å². The van der Waals surface area contributed by atoms with Gasteiger partial charge < -0.3 is 10.2 Å². The molecule has 1 saturated heterocycles. The summed E-state index contributed by atoms with van der Waals surface area (Å²) < 4.78 is 0. The number of nitro groups is 1. The van der Waals surface area contributed by atoms with E-state index in [0.29, 0.717) is 12.2 Å². The number of carbonyl (C=O) groups is 2. The number of aryl methyl sites for hydroxylation is 3. The first kappa shape index (κ1) is 18.6. The molecule has 27 heavy (non-hydrogen) atoms. The zero-order chi connectivity index (χ0) is 19.7. The fourth-order valence-corrected chi connectivity index (χ4v) is 3.12. The lowest BCUT2D eigenvalue weighted by Crippen LogP contribution is -2.28. The molecule has 2 aromatic carbocycles. The number of benzene rings is 2. The minimum absolute atomic E-state index is 0.0878. The molecule has 1 aliphatic heterocycles. The Labute approximate surface area is 157 Å². The Balaban J connectivity index is 1.75. The van der Waals surface area contributed by atoms with E-state index in [9.17, 15) is 19.7 Å². The van der Waals surface area contributed by atoms with Crippen molar-refractivity contribution in [3.05, 3.63) is 63.2 Å². The number of nitrogens with zero attached hydrogens (tertiary/aromatic N) is 2. The number of nitro benzene ring substituents is 1. The summed E-state index contributed by atoms with van der Waals surface area (Å²) in [5.74, 6) is -0.912. The molecule has 1 heterocycles. The first-order valence-corrected chi connectivity index (χ1v) is 8.70. The van der Waals surface area contributed by atoms with E-state index in [1.54, 1.807) is 17.9 Å². The van der Waals surface area contributed by atoms with Gasteiger partial charge in [-0.25, -0.2) is 0 Å². The van der Waals surface area contributed by atoms with E-state index in [-0.39, 0.29) is 23.9 Å². The van der Waals surface area contributed by atoms with E-state index >= 15 is 0 Å². The second kappa shape index (κ2) is 7.19. The SMILES string of the molecule is Cc1ccc(N2CC(C(=O)Nc3cc([N+](=O)[O-])ccc3C)CC2=O)cc1C. The highest BCUT2D eigenvalue weighted by atomic mass is 16.6. The maximum Gasteiger partial charge on any atom is 0.271 e. The van der Waals surface area contributed by atoms with E-state index in [0.717, 1.165) is 22.4 Å². The van der Waals surface area contributed by atoms with Gasteiger partial charge in [0.05, 0.1) is 16.5 Å². The topological polar surface area (TPSA) is 92.6 Å². The zero-order valence-corrected chi connectivity index (χ0v) is 15.5. The van der Waals surface area contributed by atoms with Crippen LogP contribution in [0.15, 0.2) is 36.4 Å². The van der Waals surface area contributed by atoms with Crippen molar-refractivity contribution in [2.45, 2.75) is 27.2 Å². The van der Waals surface area contributed by atoms with Gasteiger partial charge in [-0.1, -0.05) is 12.1 Å². The second-order valence-corrected chi connectivity index (χ2v) is 6.92. The predicted octanol–water partition coefficient (Wildman–Crippen LogP) is 3.51. The zero-order valence-electron chi connectivity index (χ0n) is 15.5. The molecule has 0 saturated carbocycles. The summed E-state index contributed by atoms with van der Waals surface area (Å²) in [6.45, 7) is 6.04. The molecule has 3 rings (SSSR count). The molecule has 0 aliphatic carbocycles. The van der Waals surface area contributed by atoms with Crippen LogP contribution >= 0.6 is 0 Å². The van der Waals surface area contributed by atoms with Gasteiger partial charge in [-0.3, -0.25) is 19.7 Å². The number of non-ortho nitro benzene ring substituents is 1. The van der Waals surface area contributed by atoms with Gasteiger partial charge in [-0.15, -0.1) is 0 Å². The lowest BCUT2D eigenvalue weighted by molar-refractivity contribution is -0.384. The van der Waals surface area contributed by atoms with E-state index in [2.05, 4.69) is 5.32 Å². The number of hydrogen-bond acceptors (Lipinski definition) is 4. The monoisotopic (exact) mass is 367 g/mol. The molecule has 2 aromatic rings. The fourth-order valence-electron chi connectivity index (χ4n) is 3.12. The Morgan fingerprint density at radius 1 is 1.11 bits per heavy atom. The Kier molecular flexibility index (Phi) is 4.94. The number of nitrogens with one attached hydrogen (secondary N) is 1. The lowest BCUT2D eigenvalue weighted by atomic mass is 10.1. The van der Waals surface area contributed by atoms with Crippen molar-refractivity contribution in [2.75, 3.05) is 16.8 Å². The number of hydrogen-bond donors (Lipinski definition) is 1. The molecule has 0 spiro atoms. The minimum atomic E-state index is -0.504. The molecule has 1 atom stereocenters. The molecule has 0 radical (unpaired) electrons. The van der Waals surface area contributed by atoms with Gasteiger partial charge in [-0.05, 0) is 49.6 Å². The van der Waals surface area contributed by atoms with Crippen molar-refractivity contribution in [3.8, 4) is 0 Å². The smallest absolute Gasteiger partial charge is 0.271 e. The second-order valence-electron chi connectivity index (χ2n) is 6.92. The molecule has 1 unspecified atom stereocenters. The highest BCUT2D eigenvalue weighted by molar-refractivity contribution is 6.03.